The molecular weight excluding hydrogens is 562 g/mol. The standard InChI is InChI=1S/C30H27BrClN5O/c31-25-18-35-37-28(15-27(36-29(25)37)22-11-4-5-12-26(22)32)33-16-19-7-6-8-20(13-19)17-34-30(38)24-14-23(24)21-9-2-1-3-10-21/h1-13,15,18,23-24,27,33,36H,14,16-17H2,(H,34,38)/t23-,24+,27?/m0/s1. The van der Waals surface area contributed by atoms with Gasteiger partial charge in [-0.1, -0.05) is 84.4 Å². The summed E-state index contributed by atoms with van der Waals surface area (Å²) in [5, 5.41) is 15.4. The predicted octanol–water partition coefficient (Wildman–Crippen LogP) is 6.47. The van der Waals surface area contributed by atoms with Crippen LogP contribution in [0, 0.1) is 5.92 Å². The number of nitrogens with one attached hydrogen (secondary N) is 3. The summed E-state index contributed by atoms with van der Waals surface area (Å²) in [5.41, 5.74) is 4.44. The molecule has 0 bridgehead atoms. The summed E-state index contributed by atoms with van der Waals surface area (Å²) >= 11 is 10.1. The normalized spacial score (nSPS) is 19.6. The molecule has 3 atom stereocenters. The fraction of sp³-hybridized carbons (Fsp3) is 0.200. The highest BCUT2D eigenvalue weighted by molar-refractivity contribution is 9.10. The van der Waals surface area contributed by atoms with Crippen molar-refractivity contribution in [3.8, 4) is 0 Å². The van der Waals surface area contributed by atoms with Gasteiger partial charge in [0.2, 0.25) is 5.91 Å². The molecule has 3 aromatic carbocycles. The van der Waals surface area contributed by atoms with Crippen LogP contribution in [0.4, 0.5) is 5.82 Å². The van der Waals surface area contributed by atoms with Gasteiger partial charge in [0, 0.05) is 24.0 Å². The van der Waals surface area contributed by atoms with E-state index < -0.39 is 0 Å². The number of halogens is 2. The highest BCUT2D eigenvalue weighted by Gasteiger charge is 2.43. The zero-order valence-electron chi connectivity index (χ0n) is 20.6. The van der Waals surface area contributed by atoms with Gasteiger partial charge in [-0.15, -0.1) is 0 Å². The monoisotopic (exact) mass is 587 g/mol. The third-order valence-electron chi connectivity index (χ3n) is 7.10. The maximum atomic E-state index is 12.7. The minimum atomic E-state index is -0.101. The first-order chi connectivity index (χ1) is 18.6. The minimum Gasteiger partial charge on any atom is -0.366 e. The molecule has 0 spiro atoms. The lowest BCUT2D eigenvalue weighted by Crippen LogP contribution is -2.26. The SMILES string of the molecule is O=C(NCc1cccc(CNC2=CC(c3ccccc3Cl)Nc3c(Br)cnn32)c1)[C@@H]1C[C@H]1c1ccccc1. The molecule has 1 aliphatic carbocycles. The van der Waals surface area contributed by atoms with Crippen LogP contribution in [0.2, 0.25) is 5.02 Å². The second kappa shape index (κ2) is 10.7. The van der Waals surface area contributed by atoms with E-state index in [2.05, 4.69) is 67.3 Å². The number of anilines is 1. The molecule has 8 heteroatoms. The summed E-state index contributed by atoms with van der Waals surface area (Å²) < 4.78 is 2.73. The van der Waals surface area contributed by atoms with Crippen LogP contribution >= 0.6 is 27.5 Å². The first-order valence-electron chi connectivity index (χ1n) is 12.7. The number of aromatic nitrogens is 2. The van der Waals surface area contributed by atoms with E-state index in [9.17, 15) is 4.79 Å². The highest BCUT2D eigenvalue weighted by atomic mass is 79.9. The van der Waals surface area contributed by atoms with Gasteiger partial charge >= 0.3 is 0 Å². The third-order valence-corrected chi connectivity index (χ3v) is 8.02. The Morgan fingerprint density at radius 3 is 2.61 bits per heavy atom. The quantitative estimate of drug-likeness (QED) is 0.221. The van der Waals surface area contributed by atoms with Gasteiger partial charge < -0.3 is 16.0 Å². The third kappa shape index (κ3) is 5.22. The second-order valence-electron chi connectivity index (χ2n) is 9.70. The molecule has 6 nitrogen and oxygen atoms in total. The number of amides is 1. The van der Waals surface area contributed by atoms with Gasteiger partial charge in [0.15, 0.2) is 0 Å². The van der Waals surface area contributed by atoms with Crippen molar-refractivity contribution in [3.63, 3.8) is 0 Å². The zero-order valence-corrected chi connectivity index (χ0v) is 22.9. The summed E-state index contributed by atoms with van der Waals surface area (Å²) in [6, 6.07) is 26.3. The van der Waals surface area contributed by atoms with Gasteiger partial charge in [0.1, 0.15) is 11.6 Å². The first kappa shape index (κ1) is 24.8. The lowest BCUT2D eigenvalue weighted by atomic mass is 10.1. The number of carbonyl (C=O) groups excluding carboxylic acids is 1. The van der Waals surface area contributed by atoms with E-state index in [1.165, 1.54) is 5.56 Å². The van der Waals surface area contributed by atoms with Crippen LogP contribution in [0.3, 0.4) is 0 Å². The summed E-state index contributed by atoms with van der Waals surface area (Å²) in [5.74, 6) is 2.28. The highest BCUT2D eigenvalue weighted by Crippen LogP contribution is 2.47. The van der Waals surface area contributed by atoms with Crippen molar-refractivity contribution >= 4 is 45.1 Å². The summed E-state index contributed by atoms with van der Waals surface area (Å²) in [6.07, 6.45) is 4.79. The van der Waals surface area contributed by atoms with Crippen molar-refractivity contribution in [2.45, 2.75) is 31.5 Å². The topological polar surface area (TPSA) is 71.0 Å². The Morgan fingerprint density at radius 1 is 1.03 bits per heavy atom. The number of hydrogen-bond acceptors (Lipinski definition) is 4. The van der Waals surface area contributed by atoms with Gasteiger partial charge in [-0.05, 0) is 62.7 Å². The molecule has 1 fully saturated rings. The Bertz CT molecular complexity index is 1500. The van der Waals surface area contributed by atoms with Crippen LogP contribution in [-0.4, -0.2) is 15.7 Å². The largest absolute Gasteiger partial charge is 0.366 e. The molecule has 0 saturated heterocycles. The lowest BCUT2D eigenvalue weighted by Gasteiger charge is -2.27. The number of hydrogen-bond donors (Lipinski definition) is 3. The van der Waals surface area contributed by atoms with E-state index in [4.69, 9.17) is 11.6 Å². The van der Waals surface area contributed by atoms with Crippen molar-refractivity contribution in [2.75, 3.05) is 5.32 Å². The number of benzene rings is 3. The van der Waals surface area contributed by atoms with Crippen molar-refractivity contribution in [2.24, 2.45) is 5.92 Å². The lowest BCUT2D eigenvalue weighted by molar-refractivity contribution is -0.122. The molecule has 1 amide bonds. The molecule has 4 aromatic rings. The van der Waals surface area contributed by atoms with E-state index in [1.807, 2.05) is 59.3 Å². The van der Waals surface area contributed by atoms with Gasteiger partial charge in [0.25, 0.3) is 0 Å². The fourth-order valence-corrected chi connectivity index (χ4v) is 5.63. The van der Waals surface area contributed by atoms with E-state index in [0.29, 0.717) is 24.0 Å². The molecule has 192 valence electrons. The Balaban J connectivity index is 1.11. The average Bonchev–Trinajstić information content (AvgIpc) is 3.67. The Hall–Kier alpha value is -3.55. The molecule has 3 N–H and O–H groups in total. The Labute approximate surface area is 235 Å². The van der Waals surface area contributed by atoms with Crippen LogP contribution in [0.1, 0.15) is 40.6 Å². The van der Waals surface area contributed by atoms with E-state index >= 15 is 0 Å². The van der Waals surface area contributed by atoms with Crippen molar-refractivity contribution in [1.82, 2.24) is 20.4 Å². The van der Waals surface area contributed by atoms with Crippen molar-refractivity contribution < 1.29 is 4.79 Å². The molecule has 0 radical (unpaired) electrons. The molecular formula is C30H27BrClN5O. The smallest absolute Gasteiger partial charge is 0.224 e. The van der Waals surface area contributed by atoms with Crippen LogP contribution in [0.25, 0.3) is 5.82 Å². The van der Waals surface area contributed by atoms with Gasteiger partial charge in [-0.25, -0.2) is 4.68 Å². The van der Waals surface area contributed by atoms with E-state index in [0.717, 1.165) is 39.2 Å². The van der Waals surface area contributed by atoms with Gasteiger partial charge in [-0.2, -0.15) is 5.10 Å². The maximum Gasteiger partial charge on any atom is 0.224 e. The van der Waals surface area contributed by atoms with Crippen LogP contribution < -0.4 is 16.0 Å². The summed E-state index contributed by atoms with van der Waals surface area (Å²) in [4.78, 5) is 12.7. The molecule has 1 aliphatic heterocycles. The maximum absolute atomic E-state index is 12.7. The minimum absolute atomic E-state index is 0.0720. The molecule has 6 rings (SSSR count). The molecule has 38 heavy (non-hydrogen) atoms. The number of nitrogens with zero attached hydrogens (tertiary/aromatic N) is 2. The van der Waals surface area contributed by atoms with Crippen LogP contribution in [-0.2, 0) is 17.9 Å². The Morgan fingerprint density at radius 2 is 1.79 bits per heavy atom. The zero-order chi connectivity index (χ0) is 26.1. The van der Waals surface area contributed by atoms with Crippen molar-refractivity contribution in [3.05, 3.63) is 123 Å². The first-order valence-corrected chi connectivity index (χ1v) is 13.8. The summed E-state index contributed by atoms with van der Waals surface area (Å²) in [6.45, 7) is 1.13. The molecule has 2 heterocycles. The number of carbonyl (C=O) groups is 1. The van der Waals surface area contributed by atoms with Crippen LogP contribution in [0.15, 0.2) is 95.6 Å². The fourth-order valence-electron chi connectivity index (χ4n) is 5.00. The Kier molecular flexibility index (Phi) is 6.96. The van der Waals surface area contributed by atoms with Crippen LogP contribution in [0.5, 0.6) is 0 Å². The van der Waals surface area contributed by atoms with E-state index in [1.54, 1.807) is 6.20 Å². The molecule has 2 aliphatic rings. The average molecular weight is 589 g/mol. The van der Waals surface area contributed by atoms with Gasteiger partial charge in [0.05, 0.1) is 16.7 Å². The molecule has 1 saturated carbocycles. The predicted molar refractivity (Wildman–Crippen MR) is 154 cm³/mol. The van der Waals surface area contributed by atoms with Gasteiger partial charge in [-0.3, -0.25) is 4.79 Å². The van der Waals surface area contributed by atoms with E-state index in [-0.39, 0.29) is 17.9 Å². The second-order valence-corrected chi connectivity index (χ2v) is 11.0. The number of fused-ring (bicyclic) bond motifs is 1. The van der Waals surface area contributed by atoms with Crippen molar-refractivity contribution in [1.29, 1.82) is 0 Å². The molecule has 1 unspecified atom stereocenters. The number of rotatable bonds is 8. The molecule has 1 aromatic heterocycles. The summed E-state index contributed by atoms with van der Waals surface area (Å²) in [7, 11) is 0.